The molecule has 0 radical (unpaired) electrons. The highest BCUT2D eigenvalue weighted by Gasteiger charge is 2.17. The summed E-state index contributed by atoms with van der Waals surface area (Å²) in [6.07, 6.45) is 1.41. The van der Waals surface area contributed by atoms with Gasteiger partial charge < -0.3 is 19.8 Å². The topological polar surface area (TPSA) is 123 Å². The molecule has 0 spiro atoms. The Morgan fingerprint density at radius 3 is 2.83 bits per heavy atom. The van der Waals surface area contributed by atoms with Crippen LogP contribution in [0.15, 0.2) is 40.0 Å². The van der Waals surface area contributed by atoms with Gasteiger partial charge in [-0.05, 0) is 26.0 Å². The van der Waals surface area contributed by atoms with Crippen LogP contribution in [-0.4, -0.2) is 52.7 Å². The van der Waals surface area contributed by atoms with Gasteiger partial charge in [-0.15, -0.1) is 0 Å². The molecule has 0 aliphatic carbocycles. The van der Waals surface area contributed by atoms with E-state index in [1.807, 2.05) is 24.3 Å². The Morgan fingerprint density at radius 1 is 1.24 bits per heavy atom. The third kappa shape index (κ3) is 5.02. The van der Waals surface area contributed by atoms with Crippen molar-refractivity contribution in [2.24, 2.45) is 0 Å². The number of hydrogen-bond donors (Lipinski definition) is 2. The Labute approximate surface area is 170 Å². The van der Waals surface area contributed by atoms with Crippen molar-refractivity contribution in [2.45, 2.75) is 24.9 Å². The van der Waals surface area contributed by atoms with Crippen molar-refractivity contribution in [1.82, 2.24) is 20.6 Å². The van der Waals surface area contributed by atoms with Gasteiger partial charge in [0, 0.05) is 11.9 Å². The van der Waals surface area contributed by atoms with Gasteiger partial charge in [-0.3, -0.25) is 14.4 Å². The van der Waals surface area contributed by atoms with Crippen molar-refractivity contribution >= 4 is 51.6 Å². The van der Waals surface area contributed by atoms with Crippen molar-refractivity contribution in [3.63, 3.8) is 0 Å². The molecule has 29 heavy (non-hydrogen) atoms. The molecule has 10 heteroatoms. The molecular weight excluding hydrogens is 396 g/mol. The van der Waals surface area contributed by atoms with Crippen molar-refractivity contribution in [2.75, 3.05) is 18.9 Å². The Morgan fingerprint density at radius 2 is 2.03 bits per heavy atom. The van der Waals surface area contributed by atoms with Gasteiger partial charge >= 0.3 is 5.97 Å². The fraction of sp³-hybridized carbons (Fsp3) is 0.316. The molecule has 1 atom stereocenters. The lowest BCUT2D eigenvalue weighted by atomic mass is 10.2. The zero-order valence-electron chi connectivity index (χ0n) is 15.9. The molecule has 9 nitrogen and oxygen atoms in total. The molecule has 0 bridgehead atoms. The maximum Gasteiger partial charge on any atom is 0.316 e. The standard InChI is InChI=1S/C19H20N4O5S/c1-3-20-18(26)11(2)23-14(24)8-27-15(25)9-29-19-17-16(21-10-22-19)12-6-4-5-7-13(12)28-17/h4-7,10-11H,3,8-9H2,1-2H3,(H,20,26)(H,23,24)/t11-/m1/s1. The maximum atomic E-state index is 12.0. The molecule has 0 unspecified atom stereocenters. The molecule has 0 fully saturated rings. The number of esters is 1. The minimum absolute atomic E-state index is 0.0533. The molecule has 0 aliphatic rings. The quantitative estimate of drug-likeness (QED) is 0.323. The summed E-state index contributed by atoms with van der Waals surface area (Å²) in [7, 11) is 0. The predicted octanol–water partition coefficient (Wildman–Crippen LogP) is 1.65. The van der Waals surface area contributed by atoms with Gasteiger partial charge in [-0.2, -0.15) is 0 Å². The molecule has 2 heterocycles. The average molecular weight is 416 g/mol. The number of fused-ring (bicyclic) bond motifs is 3. The summed E-state index contributed by atoms with van der Waals surface area (Å²) in [5.74, 6) is -1.49. The second-order valence-electron chi connectivity index (χ2n) is 6.09. The van der Waals surface area contributed by atoms with Gasteiger partial charge in [0.2, 0.25) is 5.91 Å². The molecule has 0 saturated carbocycles. The van der Waals surface area contributed by atoms with Gasteiger partial charge in [-0.25, -0.2) is 9.97 Å². The third-order valence-electron chi connectivity index (χ3n) is 3.94. The van der Waals surface area contributed by atoms with E-state index in [1.54, 1.807) is 13.8 Å². The van der Waals surface area contributed by atoms with Crippen LogP contribution in [0.25, 0.3) is 22.1 Å². The summed E-state index contributed by atoms with van der Waals surface area (Å²) in [5.41, 5.74) is 1.86. The number of ether oxygens (including phenoxy) is 1. The Hall–Kier alpha value is -3.14. The van der Waals surface area contributed by atoms with Gasteiger partial charge in [-0.1, -0.05) is 23.9 Å². The highest BCUT2D eigenvalue weighted by atomic mass is 32.2. The number of carbonyl (C=O) groups excluding carboxylic acids is 3. The Kier molecular flexibility index (Phi) is 6.65. The van der Waals surface area contributed by atoms with Crippen molar-refractivity contribution in [3.8, 4) is 0 Å². The number of para-hydroxylation sites is 1. The van der Waals surface area contributed by atoms with E-state index in [0.717, 1.165) is 17.1 Å². The largest absolute Gasteiger partial charge is 0.455 e. The smallest absolute Gasteiger partial charge is 0.316 e. The normalized spacial score (nSPS) is 11.9. The summed E-state index contributed by atoms with van der Waals surface area (Å²) < 4.78 is 10.8. The van der Waals surface area contributed by atoms with Gasteiger partial charge in [0.05, 0.1) is 5.75 Å². The minimum atomic E-state index is -0.710. The molecular formula is C19H20N4O5S. The second-order valence-corrected chi connectivity index (χ2v) is 7.05. The summed E-state index contributed by atoms with van der Waals surface area (Å²) in [6.45, 7) is 3.33. The highest BCUT2D eigenvalue weighted by molar-refractivity contribution is 8.00. The van der Waals surface area contributed by atoms with E-state index in [2.05, 4.69) is 20.6 Å². The first-order valence-electron chi connectivity index (χ1n) is 8.97. The monoisotopic (exact) mass is 416 g/mol. The molecule has 152 valence electrons. The molecule has 2 aromatic heterocycles. The summed E-state index contributed by atoms with van der Waals surface area (Å²) in [6, 6.07) is 6.77. The molecule has 3 aromatic rings. The van der Waals surface area contributed by atoms with Gasteiger partial charge in [0.15, 0.2) is 12.2 Å². The van der Waals surface area contributed by atoms with E-state index in [1.165, 1.54) is 6.33 Å². The number of hydrogen-bond acceptors (Lipinski definition) is 8. The van der Waals surface area contributed by atoms with E-state index in [-0.39, 0.29) is 11.7 Å². The van der Waals surface area contributed by atoms with Crippen molar-refractivity contribution < 1.29 is 23.5 Å². The number of furan rings is 1. The lowest BCUT2D eigenvalue weighted by molar-refractivity contribution is -0.146. The van der Waals surface area contributed by atoms with E-state index in [0.29, 0.717) is 28.3 Å². The van der Waals surface area contributed by atoms with E-state index in [9.17, 15) is 14.4 Å². The highest BCUT2D eigenvalue weighted by Crippen LogP contribution is 2.32. The number of aromatic nitrogens is 2. The van der Waals surface area contributed by atoms with E-state index in [4.69, 9.17) is 9.15 Å². The first-order valence-corrected chi connectivity index (χ1v) is 9.96. The Balaban J connectivity index is 1.53. The molecule has 3 rings (SSSR count). The lowest BCUT2D eigenvalue weighted by Crippen LogP contribution is -2.46. The second kappa shape index (κ2) is 9.37. The van der Waals surface area contributed by atoms with E-state index < -0.39 is 24.5 Å². The van der Waals surface area contributed by atoms with Crippen LogP contribution in [0.5, 0.6) is 0 Å². The maximum absolute atomic E-state index is 12.0. The van der Waals surface area contributed by atoms with Crippen LogP contribution in [-0.2, 0) is 19.1 Å². The van der Waals surface area contributed by atoms with Crippen LogP contribution in [0.2, 0.25) is 0 Å². The van der Waals surface area contributed by atoms with Gasteiger partial charge in [0.25, 0.3) is 5.91 Å². The zero-order chi connectivity index (χ0) is 20.8. The molecule has 1 aromatic carbocycles. The summed E-state index contributed by atoms with van der Waals surface area (Å²) in [5, 5.41) is 6.43. The molecule has 2 amide bonds. The number of rotatable bonds is 8. The van der Waals surface area contributed by atoms with E-state index >= 15 is 0 Å². The van der Waals surface area contributed by atoms with Crippen LogP contribution in [0.1, 0.15) is 13.8 Å². The zero-order valence-corrected chi connectivity index (χ0v) is 16.7. The van der Waals surface area contributed by atoms with Crippen molar-refractivity contribution in [3.05, 3.63) is 30.6 Å². The first kappa shape index (κ1) is 20.6. The predicted molar refractivity (Wildman–Crippen MR) is 107 cm³/mol. The fourth-order valence-electron chi connectivity index (χ4n) is 2.60. The summed E-state index contributed by atoms with van der Waals surface area (Å²) >= 11 is 1.14. The number of amides is 2. The van der Waals surface area contributed by atoms with Crippen molar-refractivity contribution in [1.29, 1.82) is 0 Å². The van der Waals surface area contributed by atoms with Crippen LogP contribution >= 0.6 is 11.8 Å². The van der Waals surface area contributed by atoms with Crippen LogP contribution < -0.4 is 10.6 Å². The molecule has 0 aliphatic heterocycles. The lowest BCUT2D eigenvalue weighted by Gasteiger charge is -2.13. The SMILES string of the molecule is CCNC(=O)[C@@H](C)NC(=O)COC(=O)CSc1ncnc2c1oc1ccccc12. The average Bonchev–Trinajstić information content (AvgIpc) is 3.10. The molecule has 0 saturated heterocycles. The molecule has 2 N–H and O–H groups in total. The summed E-state index contributed by atoms with van der Waals surface area (Å²) in [4.78, 5) is 43.8. The van der Waals surface area contributed by atoms with Crippen LogP contribution in [0.4, 0.5) is 0 Å². The minimum Gasteiger partial charge on any atom is -0.455 e. The third-order valence-corrected chi connectivity index (χ3v) is 4.88. The first-order chi connectivity index (χ1) is 14.0. The Bertz CT molecular complexity index is 1050. The number of carbonyl (C=O) groups is 3. The number of nitrogens with zero attached hydrogens (tertiary/aromatic N) is 2. The van der Waals surface area contributed by atoms with Crippen LogP contribution in [0, 0.1) is 0 Å². The number of thioether (sulfide) groups is 1. The van der Waals surface area contributed by atoms with Crippen LogP contribution in [0.3, 0.4) is 0 Å². The van der Waals surface area contributed by atoms with Gasteiger partial charge in [0.1, 0.15) is 28.5 Å². The number of likely N-dealkylation sites (N-methyl/N-ethyl adjacent to an activating group) is 1. The number of nitrogens with one attached hydrogen (secondary N) is 2. The number of benzene rings is 1. The fourth-order valence-corrected chi connectivity index (χ4v) is 3.33.